The molecule has 0 unspecified atom stereocenters. The molecule has 5 heteroatoms. The molecule has 0 aliphatic heterocycles. The highest BCUT2D eigenvalue weighted by Crippen LogP contribution is 2.26. The zero-order valence-electron chi connectivity index (χ0n) is 12.5. The van der Waals surface area contributed by atoms with Gasteiger partial charge in [-0.3, -0.25) is 0 Å². The van der Waals surface area contributed by atoms with Gasteiger partial charge in [0.15, 0.2) is 0 Å². The summed E-state index contributed by atoms with van der Waals surface area (Å²) in [6.07, 6.45) is 3.64. The van der Waals surface area contributed by atoms with Crippen LogP contribution in [-0.4, -0.2) is 16.7 Å². The predicted molar refractivity (Wildman–Crippen MR) is 94.0 cm³/mol. The van der Waals surface area contributed by atoms with E-state index in [0.29, 0.717) is 12.1 Å². The number of para-hydroxylation sites is 2. The molecule has 0 atom stereocenters. The number of hydrogen-bond donors (Lipinski definition) is 0. The fraction of sp³-hybridized carbons (Fsp3) is 0.111. The van der Waals surface area contributed by atoms with Crippen molar-refractivity contribution in [3.63, 3.8) is 0 Å². The van der Waals surface area contributed by atoms with Crippen LogP contribution in [0.2, 0.25) is 0 Å². The van der Waals surface area contributed by atoms with E-state index in [-0.39, 0.29) is 0 Å². The van der Waals surface area contributed by atoms with Gasteiger partial charge >= 0.3 is 0 Å². The molecule has 0 amide bonds. The highest BCUT2D eigenvalue weighted by atomic mass is 79.9. The lowest BCUT2D eigenvalue weighted by Gasteiger charge is -2.05. The highest BCUT2D eigenvalue weighted by molar-refractivity contribution is 9.10. The number of nitriles is 1. The number of ether oxygens (including phenoxy) is 1. The number of aromatic nitrogens is 2. The molecule has 0 aliphatic rings. The fourth-order valence-corrected chi connectivity index (χ4v) is 2.97. The number of allylic oxidation sites excluding steroid dienone is 1. The molecule has 0 aliphatic carbocycles. The van der Waals surface area contributed by atoms with Crippen molar-refractivity contribution < 1.29 is 4.74 Å². The lowest BCUT2D eigenvalue weighted by atomic mass is 10.1. The lowest BCUT2D eigenvalue weighted by molar-refractivity contribution is 0.412. The molecule has 0 saturated heterocycles. The molecule has 2 aromatic carbocycles. The second-order valence-corrected chi connectivity index (χ2v) is 5.89. The molecule has 0 N–H and O–H groups in total. The molecule has 23 heavy (non-hydrogen) atoms. The summed E-state index contributed by atoms with van der Waals surface area (Å²) in [6.45, 7) is 0.487. The second-order valence-electron chi connectivity index (χ2n) is 5.04. The van der Waals surface area contributed by atoms with Crippen molar-refractivity contribution in [2.45, 2.75) is 6.54 Å². The van der Waals surface area contributed by atoms with Gasteiger partial charge in [0.05, 0.1) is 41.6 Å². The Labute approximate surface area is 142 Å². The van der Waals surface area contributed by atoms with E-state index in [9.17, 15) is 5.26 Å². The minimum atomic E-state index is 0.487. The maximum Gasteiger partial charge on any atom is 0.133 e. The molecule has 3 aromatic rings. The van der Waals surface area contributed by atoms with Crippen LogP contribution in [0.4, 0.5) is 0 Å². The largest absolute Gasteiger partial charge is 0.496 e. The Morgan fingerprint density at radius 3 is 2.91 bits per heavy atom. The Hall–Kier alpha value is -2.58. The number of imidazole rings is 1. The number of benzene rings is 2. The summed E-state index contributed by atoms with van der Waals surface area (Å²) in [5.74, 6) is 0.765. The van der Waals surface area contributed by atoms with E-state index in [1.54, 1.807) is 13.4 Å². The summed E-state index contributed by atoms with van der Waals surface area (Å²) in [5.41, 5.74) is 3.55. The molecule has 3 rings (SSSR count). The number of halogens is 1. The Morgan fingerprint density at radius 2 is 2.17 bits per heavy atom. The molecular weight excluding hydrogens is 354 g/mol. The zero-order valence-corrected chi connectivity index (χ0v) is 14.1. The highest BCUT2D eigenvalue weighted by Gasteiger charge is 2.05. The maximum absolute atomic E-state index is 9.44. The number of rotatable bonds is 4. The van der Waals surface area contributed by atoms with E-state index < -0.39 is 0 Å². The predicted octanol–water partition coefficient (Wildman–Crippen LogP) is 4.41. The van der Waals surface area contributed by atoms with Gasteiger partial charge in [0.25, 0.3) is 0 Å². The van der Waals surface area contributed by atoms with E-state index in [0.717, 1.165) is 26.8 Å². The Morgan fingerprint density at radius 1 is 1.35 bits per heavy atom. The van der Waals surface area contributed by atoms with Crippen molar-refractivity contribution in [3.05, 3.63) is 64.4 Å². The third kappa shape index (κ3) is 3.27. The van der Waals surface area contributed by atoms with Gasteiger partial charge in [0.2, 0.25) is 0 Å². The molecule has 0 bridgehead atoms. The summed E-state index contributed by atoms with van der Waals surface area (Å²) in [6, 6.07) is 15.9. The zero-order chi connectivity index (χ0) is 16.2. The normalized spacial score (nSPS) is 11.4. The molecule has 114 valence electrons. The van der Waals surface area contributed by atoms with E-state index >= 15 is 0 Å². The van der Waals surface area contributed by atoms with Crippen LogP contribution in [0.1, 0.15) is 5.56 Å². The van der Waals surface area contributed by atoms with Crippen molar-refractivity contribution in [2.24, 2.45) is 0 Å². The van der Waals surface area contributed by atoms with Gasteiger partial charge in [0.1, 0.15) is 5.75 Å². The van der Waals surface area contributed by atoms with Crippen LogP contribution in [0.3, 0.4) is 0 Å². The summed E-state index contributed by atoms with van der Waals surface area (Å²) in [5, 5.41) is 9.44. The van der Waals surface area contributed by atoms with Crippen molar-refractivity contribution in [1.82, 2.24) is 9.55 Å². The molecule has 0 radical (unpaired) electrons. The van der Waals surface area contributed by atoms with E-state index in [2.05, 4.69) is 27.0 Å². The number of hydrogen-bond acceptors (Lipinski definition) is 3. The Balaban J connectivity index is 1.91. The molecule has 0 spiro atoms. The first-order valence-corrected chi connectivity index (χ1v) is 7.84. The van der Waals surface area contributed by atoms with E-state index in [1.807, 2.05) is 53.1 Å². The standard InChI is InChI=1S/C18H14BrN3O/c1-23-18-7-6-13(9-15(18)19)8-14(10-20)11-22-12-21-16-4-2-3-5-17(16)22/h2-9,12H,11H2,1H3/b14-8-. The van der Waals surface area contributed by atoms with Crippen molar-refractivity contribution in [3.8, 4) is 11.8 Å². The fourth-order valence-electron chi connectivity index (χ4n) is 2.41. The summed E-state index contributed by atoms with van der Waals surface area (Å²) in [7, 11) is 1.63. The third-order valence-corrected chi connectivity index (χ3v) is 4.15. The molecule has 0 fully saturated rings. The molecule has 4 nitrogen and oxygen atoms in total. The minimum absolute atomic E-state index is 0.487. The van der Waals surface area contributed by atoms with Crippen LogP contribution >= 0.6 is 15.9 Å². The average molecular weight is 368 g/mol. The van der Waals surface area contributed by atoms with Crippen LogP contribution in [0, 0.1) is 11.3 Å². The Bertz CT molecular complexity index is 921. The van der Waals surface area contributed by atoms with Gasteiger partial charge in [-0.15, -0.1) is 0 Å². The SMILES string of the molecule is COc1ccc(/C=C(/C#N)Cn2cnc3ccccc32)cc1Br. The lowest BCUT2D eigenvalue weighted by Crippen LogP contribution is -1.98. The Kier molecular flexibility index (Phi) is 4.45. The number of nitrogens with zero attached hydrogens (tertiary/aromatic N) is 3. The van der Waals surface area contributed by atoms with E-state index in [1.165, 1.54) is 0 Å². The topological polar surface area (TPSA) is 50.8 Å². The molecule has 0 saturated carbocycles. The van der Waals surface area contributed by atoms with E-state index in [4.69, 9.17) is 4.74 Å². The smallest absolute Gasteiger partial charge is 0.133 e. The first-order chi connectivity index (χ1) is 11.2. The summed E-state index contributed by atoms with van der Waals surface area (Å²) in [4.78, 5) is 4.35. The molecule has 1 aromatic heterocycles. The van der Waals surface area contributed by atoms with Crippen LogP contribution < -0.4 is 4.74 Å². The minimum Gasteiger partial charge on any atom is -0.496 e. The van der Waals surface area contributed by atoms with Crippen molar-refractivity contribution in [1.29, 1.82) is 5.26 Å². The van der Waals surface area contributed by atoms with Crippen LogP contribution in [0.25, 0.3) is 17.1 Å². The monoisotopic (exact) mass is 367 g/mol. The van der Waals surface area contributed by atoms with Crippen LogP contribution in [0.5, 0.6) is 5.75 Å². The first kappa shape index (κ1) is 15.3. The quantitative estimate of drug-likeness (QED) is 0.641. The van der Waals surface area contributed by atoms with Crippen LogP contribution in [0.15, 0.2) is 58.8 Å². The molecular formula is C18H14BrN3O. The number of fused-ring (bicyclic) bond motifs is 1. The van der Waals surface area contributed by atoms with Gasteiger partial charge in [-0.2, -0.15) is 5.26 Å². The van der Waals surface area contributed by atoms with Gasteiger partial charge in [0, 0.05) is 5.57 Å². The summed E-state index contributed by atoms with van der Waals surface area (Å²) < 4.78 is 8.06. The van der Waals surface area contributed by atoms with Crippen molar-refractivity contribution >= 4 is 33.0 Å². The second kappa shape index (κ2) is 6.67. The number of methoxy groups -OCH3 is 1. The summed E-state index contributed by atoms with van der Waals surface area (Å²) >= 11 is 3.46. The van der Waals surface area contributed by atoms with Crippen LogP contribution in [-0.2, 0) is 6.54 Å². The van der Waals surface area contributed by atoms with Gasteiger partial charge < -0.3 is 9.30 Å². The van der Waals surface area contributed by atoms with Gasteiger partial charge in [-0.25, -0.2) is 4.98 Å². The molecule has 1 heterocycles. The maximum atomic E-state index is 9.44. The first-order valence-electron chi connectivity index (χ1n) is 7.05. The average Bonchev–Trinajstić information content (AvgIpc) is 2.97. The van der Waals surface area contributed by atoms with Gasteiger partial charge in [-0.1, -0.05) is 18.2 Å². The third-order valence-electron chi connectivity index (χ3n) is 3.53. The van der Waals surface area contributed by atoms with Crippen molar-refractivity contribution in [2.75, 3.05) is 7.11 Å². The van der Waals surface area contributed by atoms with Gasteiger partial charge in [-0.05, 0) is 51.8 Å².